The highest BCUT2D eigenvalue weighted by molar-refractivity contribution is 5.93. The molecule has 0 saturated carbocycles. The molecule has 0 atom stereocenters. The minimum absolute atomic E-state index is 0. The Kier molecular flexibility index (Phi) is 3.52. The number of rotatable bonds is 4. The van der Waals surface area contributed by atoms with Crippen LogP contribution in [0.4, 0.5) is 0 Å². The molecule has 1 N–H and O–H groups in total. The van der Waals surface area contributed by atoms with E-state index in [0.717, 1.165) is 26.3 Å². The van der Waals surface area contributed by atoms with E-state index in [1.807, 2.05) is 0 Å². The largest absolute Gasteiger partial charge is 0.380 e. The Morgan fingerprint density at radius 3 is 2.50 bits per heavy atom. The maximum absolute atomic E-state index is 11.8. The number of nitrogens with one attached hydrogen (secondary N) is 1. The Bertz CT molecular complexity index is 351. The SMILES string of the molecule is C=C(CN1CC2(COC2)C1)C(=O)NCC(C)(C)C.[HH]. The van der Waals surface area contributed by atoms with Crippen molar-refractivity contribution < 1.29 is 11.0 Å². The Balaban J connectivity index is 0.00000180. The lowest BCUT2D eigenvalue weighted by atomic mass is 9.78. The van der Waals surface area contributed by atoms with E-state index in [4.69, 9.17) is 4.74 Å². The van der Waals surface area contributed by atoms with E-state index in [2.05, 4.69) is 37.6 Å². The quantitative estimate of drug-likeness (QED) is 0.769. The van der Waals surface area contributed by atoms with Gasteiger partial charge in [-0.15, -0.1) is 0 Å². The van der Waals surface area contributed by atoms with Crippen LogP contribution in [0.1, 0.15) is 22.2 Å². The first-order valence-electron chi connectivity index (χ1n) is 6.56. The van der Waals surface area contributed by atoms with Gasteiger partial charge in [-0.1, -0.05) is 27.4 Å². The third kappa shape index (κ3) is 3.12. The highest BCUT2D eigenvalue weighted by Crippen LogP contribution is 2.37. The smallest absolute Gasteiger partial charge is 0.247 e. The number of ether oxygens (including phenoxy) is 1. The minimum Gasteiger partial charge on any atom is -0.380 e. The van der Waals surface area contributed by atoms with Gasteiger partial charge >= 0.3 is 0 Å². The zero-order valence-electron chi connectivity index (χ0n) is 11.7. The fraction of sp³-hybridized carbons (Fsp3) is 0.786. The Morgan fingerprint density at radius 2 is 2.06 bits per heavy atom. The van der Waals surface area contributed by atoms with Crippen molar-refractivity contribution in [1.29, 1.82) is 0 Å². The van der Waals surface area contributed by atoms with Crippen molar-refractivity contribution in [3.63, 3.8) is 0 Å². The normalized spacial score (nSPS) is 22.2. The van der Waals surface area contributed by atoms with Crippen LogP contribution in [0.2, 0.25) is 0 Å². The molecule has 4 nitrogen and oxygen atoms in total. The molecule has 4 heteroatoms. The van der Waals surface area contributed by atoms with Gasteiger partial charge in [-0.2, -0.15) is 0 Å². The Hall–Kier alpha value is -0.870. The summed E-state index contributed by atoms with van der Waals surface area (Å²) in [7, 11) is 0. The van der Waals surface area contributed by atoms with Crippen LogP contribution in [0.25, 0.3) is 0 Å². The summed E-state index contributed by atoms with van der Waals surface area (Å²) in [6.45, 7) is 15.4. The fourth-order valence-electron chi connectivity index (χ4n) is 2.40. The summed E-state index contributed by atoms with van der Waals surface area (Å²) in [5, 5.41) is 2.93. The van der Waals surface area contributed by atoms with Crippen LogP contribution in [0.15, 0.2) is 12.2 Å². The molecule has 0 unspecified atom stereocenters. The third-order valence-corrected chi connectivity index (χ3v) is 3.45. The molecule has 2 aliphatic rings. The number of hydrogen-bond donors (Lipinski definition) is 1. The molecule has 2 rings (SSSR count). The summed E-state index contributed by atoms with van der Waals surface area (Å²) < 4.78 is 5.23. The fourth-order valence-corrected chi connectivity index (χ4v) is 2.40. The van der Waals surface area contributed by atoms with Crippen molar-refractivity contribution in [3.05, 3.63) is 12.2 Å². The first-order valence-corrected chi connectivity index (χ1v) is 6.56. The highest BCUT2D eigenvalue weighted by atomic mass is 16.5. The lowest BCUT2D eigenvalue weighted by Crippen LogP contribution is -2.66. The van der Waals surface area contributed by atoms with Gasteiger partial charge in [-0.05, 0) is 5.41 Å². The van der Waals surface area contributed by atoms with Gasteiger partial charge in [0.2, 0.25) is 5.91 Å². The van der Waals surface area contributed by atoms with Gasteiger partial charge in [0.1, 0.15) is 0 Å². The molecule has 0 bridgehead atoms. The lowest BCUT2D eigenvalue weighted by Gasteiger charge is -2.55. The summed E-state index contributed by atoms with van der Waals surface area (Å²) in [4.78, 5) is 14.1. The maximum Gasteiger partial charge on any atom is 0.247 e. The van der Waals surface area contributed by atoms with Gasteiger partial charge < -0.3 is 10.1 Å². The van der Waals surface area contributed by atoms with E-state index in [0.29, 0.717) is 24.1 Å². The molecular formula is C14H26N2O2. The molecule has 2 fully saturated rings. The molecule has 0 aromatic heterocycles. The summed E-state index contributed by atoms with van der Waals surface area (Å²) >= 11 is 0. The summed E-state index contributed by atoms with van der Waals surface area (Å²) in [6, 6.07) is 0. The summed E-state index contributed by atoms with van der Waals surface area (Å²) in [5.74, 6) is -0.0178. The molecule has 1 amide bonds. The first kappa shape index (κ1) is 13.6. The number of amides is 1. The molecule has 104 valence electrons. The predicted molar refractivity (Wildman–Crippen MR) is 73.4 cm³/mol. The van der Waals surface area contributed by atoms with Gasteiger partial charge in [0, 0.05) is 38.6 Å². The first-order chi connectivity index (χ1) is 8.30. The summed E-state index contributed by atoms with van der Waals surface area (Å²) in [6.07, 6.45) is 0. The number of nitrogens with zero attached hydrogens (tertiary/aromatic N) is 1. The molecule has 1 spiro atoms. The number of hydrogen-bond acceptors (Lipinski definition) is 3. The van der Waals surface area contributed by atoms with Crippen LogP contribution in [0.5, 0.6) is 0 Å². The van der Waals surface area contributed by atoms with Crippen LogP contribution in [0.3, 0.4) is 0 Å². The molecule has 2 saturated heterocycles. The van der Waals surface area contributed by atoms with Gasteiger partial charge in [0.15, 0.2) is 0 Å². The van der Waals surface area contributed by atoms with Crippen LogP contribution in [-0.2, 0) is 9.53 Å². The van der Waals surface area contributed by atoms with Gasteiger partial charge in [0.05, 0.1) is 13.2 Å². The second kappa shape index (κ2) is 4.67. The average molecular weight is 254 g/mol. The van der Waals surface area contributed by atoms with E-state index in [1.165, 1.54) is 0 Å². The molecule has 2 aliphatic heterocycles. The lowest BCUT2D eigenvalue weighted by molar-refractivity contribution is -0.186. The van der Waals surface area contributed by atoms with E-state index in [-0.39, 0.29) is 12.7 Å². The molecular weight excluding hydrogens is 228 g/mol. The van der Waals surface area contributed by atoms with Crippen molar-refractivity contribution >= 4 is 5.91 Å². The third-order valence-electron chi connectivity index (χ3n) is 3.45. The average Bonchev–Trinajstić information content (AvgIpc) is 2.14. The van der Waals surface area contributed by atoms with Crippen LogP contribution in [-0.4, -0.2) is 50.2 Å². The van der Waals surface area contributed by atoms with Crippen molar-refractivity contribution in [2.24, 2.45) is 10.8 Å². The molecule has 2 heterocycles. The minimum atomic E-state index is -0.0178. The second-order valence-corrected chi connectivity index (χ2v) is 6.98. The molecule has 0 radical (unpaired) electrons. The highest BCUT2D eigenvalue weighted by Gasteiger charge is 2.48. The van der Waals surface area contributed by atoms with E-state index < -0.39 is 0 Å². The van der Waals surface area contributed by atoms with Gasteiger partial charge in [-0.3, -0.25) is 9.69 Å². The topological polar surface area (TPSA) is 41.6 Å². The summed E-state index contributed by atoms with van der Waals surface area (Å²) in [5.41, 5.74) is 1.18. The van der Waals surface area contributed by atoms with Crippen LogP contribution >= 0.6 is 0 Å². The Labute approximate surface area is 111 Å². The van der Waals surface area contributed by atoms with Gasteiger partial charge in [0.25, 0.3) is 0 Å². The van der Waals surface area contributed by atoms with Crippen molar-refractivity contribution in [3.8, 4) is 0 Å². The zero-order valence-corrected chi connectivity index (χ0v) is 11.7. The van der Waals surface area contributed by atoms with Crippen molar-refractivity contribution in [1.82, 2.24) is 10.2 Å². The van der Waals surface area contributed by atoms with E-state index >= 15 is 0 Å². The zero-order chi connectivity index (χ0) is 13.4. The number of likely N-dealkylation sites (tertiary alicyclic amines) is 1. The second-order valence-electron chi connectivity index (χ2n) is 6.98. The molecule has 0 aromatic carbocycles. The monoisotopic (exact) mass is 254 g/mol. The van der Waals surface area contributed by atoms with Crippen molar-refractivity contribution in [2.75, 3.05) is 39.4 Å². The molecule has 0 aromatic rings. The molecule has 18 heavy (non-hydrogen) atoms. The van der Waals surface area contributed by atoms with Crippen molar-refractivity contribution in [2.45, 2.75) is 20.8 Å². The Morgan fingerprint density at radius 1 is 1.44 bits per heavy atom. The van der Waals surface area contributed by atoms with E-state index in [9.17, 15) is 4.79 Å². The van der Waals surface area contributed by atoms with Crippen LogP contribution in [0, 0.1) is 10.8 Å². The standard InChI is InChI=1S/C14H24N2O2.H2/c1-11(12(17)15-6-13(2,3)4)5-16-7-14(8-16)9-18-10-14;/h1,5-10H2,2-4H3,(H,15,17);1H. The maximum atomic E-state index is 11.8. The predicted octanol–water partition coefficient (Wildman–Crippen LogP) is 1.28. The van der Waals surface area contributed by atoms with E-state index in [1.54, 1.807) is 0 Å². The number of carbonyl (C=O) groups is 1. The van der Waals surface area contributed by atoms with Crippen LogP contribution < -0.4 is 5.32 Å². The number of carbonyl (C=O) groups excluding carboxylic acids is 1. The van der Waals surface area contributed by atoms with Gasteiger partial charge in [-0.25, -0.2) is 0 Å². The molecule has 0 aliphatic carbocycles.